The number of aliphatic hydroxyl groups is 1. The van der Waals surface area contributed by atoms with E-state index >= 15 is 0 Å². The van der Waals surface area contributed by atoms with Crippen molar-refractivity contribution in [1.29, 1.82) is 0 Å². The van der Waals surface area contributed by atoms with E-state index in [4.69, 9.17) is 19.0 Å². The Morgan fingerprint density at radius 2 is 2.00 bits per heavy atom. The smallest absolute Gasteiger partial charge is 0.250 e. The first kappa shape index (κ1) is 28.8. The van der Waals surface area contributed by atoms with Crippen LogP contribution in [0, 0.1) is 5.92 Å². The number of hydrogen-bond acceptors (Lipinski definition) is 6. The molecule has 0 radical (unpaired) electrons. The van der Waals surface area contributed by atoms with Gasteiger partial charge < -0.3 is 19.0 Å². The Balaban J connectivity index is 1.60. The number of ether oxygens (including phenoxy) is 2. The quantitative estimate of drug-likeness (QED) is 0.223. The molecule has 0 saturated carbocycles. The van der Waals surface area contributed by atoms with Gasteiger partial charge in [-0.25, -0.2) is 4.68 Å². The highest BCUT2D eigenvalue weighted by molar-refractivity contribution is 6.74. The van der Waals surface area contributed by atoms with Crippen molar-refractivity contribution in [3.8, 4) is 17.0 Å². The van der Waals surface area contributed by atoms with E-state index in [-0.39, 0.29) is 17.4 Å². The van der Waals surface area contributed by atoms with Gasteiger partial charge in [0.05, 0.1) is 24.4 Å². The highest BCUT2D eigenvalue weighted by atomic mass is 28.4. The molecular formula is C29H46N4O4Si. The Hall–Kier alpha value is -2.20. The van der Waals surface area contributed by atoms with Crippen molar-refractivity contribution in [1.82, 2.24) is 19.6 Å². The van der Waals surface area contributed by atoms with Crippen molar-refractivity contribution >= 4 is 19.2 Å². The molecule has 1 aliphatic heterocycles. The third-order valence-corrected chi connectivity index (χ3v) is 12.1. The summed E-state index contributed by atoms with van der Waals surface area (Å²) in [6.07, 6.45) is 7.44. The Labute approximate surface area is 228 Å². The Morgan fingerprint density at radius 3 is 2.68 bits per heavy atom. The van der Waals surface area contributed by atoms with E-state index in [1.807, 2.05) is 10.9 Å². The summed E-state index contributed by atoms with van der Waals surface area (Å²) in [5, 5.41) is 20.3. The van der Waals surface area contributed by atoms with Crippen molar-refractivity contribution in [3.05, 3.63) is 30.6 Å². The second-order valence-corrected chi connectivity index (χ2v) is 17.1. The minimum absolute atomic E-state index is 0.0546. The molecule has 210 valence electrons. The molecule has 3 atom stereocenters. The summed E-state index contributed by atoms with van der Waals surface area (Å²) < 4.78 is 22.5. The van der Waals surface area contributed by atoms with Crippen LogP contribution in [0.15, 0.2) is 30.6 Å². The molecule has 8 nitrogen and oxygen atoms in total. The van der Waals surface area contributed by atoms with Gasteiger partial charge in [-0.1, -0.05) is 27.7 Å². The normalized spacial score (nSPS) is 18.6. The van der Waals surface area contributed by atoms with Gasteiger partial charge in [-0.15, -0.1) is 0 Å². The fraction of sp³-hybridized carbons (Fsp3) is 0.655. The molecule has 2 aromatic heterocycles. The maximum absolute atomic E-state index is 9.42. The molecule has 1 fully saturated rings. The van der Waals surface area contributed by atoms with Gasteiger partial charge in [0.2, 0.25) is 8.32 Å². The number of nitrogens with zero attached hydrogens (tertiary/aromatic N) is 4. The van der Waals surface area contributed by atoms with Crippen LogP contribution in [0.5, 0.6) is 5.75 Å². The predicted octanol–water partition coefficient (Wildman–Crippen LogP) is 6.41. The highest BCUT2D eigenvalue weighted by Crippen LogP contribution is 2.39. The summed E-state index contributed by atoms with van der Waals surface area (Å²) in [7, 11) is -1.98. The average Bonchev–Trinajstić information content (AvgIpc) is 3.45. The molecule has 1 N–H and O–H groups in total. The summed E-state index contributed by atoms with van der Waals surface area (Å²) in [5.74, 6) is 1.19. The van der Waals surface area contributed by atoms with Gasteiger partial charge in [-0.05, 0) is 74.9 Å². The molecule has 1 aromatic carbocycles. The van der Waals surface area contributed by atoms with Crippen LogP contribution < -0.4 is 4.43 Å². The van der Waals surface area contributed by atoms with E-state index in [9.17, 15) is 5.11 Å². The first-order valence-electron chi connectivity index (χ1n) is 14.1. The van der Waals surface area contributed by atoms with Crippen molar-refractivity contribution in [2.24, 2.45) is 5.92 Å². The van der Waals surface area contributed by atoms with Crippen LogP contribution in [0.25, 0.3) is 22.2 Å². The van der Waals surface area contributed by atoms with E-state index in [2.05, 4.69) is 75.0 Å². The first-order valence-corrected chi connectivity index (χ1v) is 17.0. The third kappa shape index (κ3) is 6.86. The number of fused-ring (bicyclic) bond motifs is 1. The van der Waals surface area contributed by atoms with E-state index in [0.717, 1.165) is 60.3 Å². The zero-order valence-electron chi connectivity index (χ0n) is 24.2. The van der Waals surface area contributed by atoms with Gasteiger partial charge in [-0.2, -0.15) is 10.2 Å². The molecule has 0 spiro atoms. The predicted molar refractivity (Wildman–Crippen MR) is 154 cm³/mol. The lowest BCUT2D eigenvalue weighted by Gasteiger charge is -2.36. The highest BCUT2D eigenvalue weighted by Gasteiger charge is 2.39. The lowest BCUT2D eigenvalue weighted by Crippen LogP contribution is -2.43. The van der Waals surface area contributed by atoms with Gasteiger partial charge >= 0.3 is 0 Å². The number of aliphatic hydroxyl groups excluding tert-OH is 1. The summed E-state index contributed by atoms with van der Waals surface area (Å²) >= 11 is 0. The zero-order valence-corrected chi connectivity index (χ0v) is 25.2. The Morgan fingerprint density at radius 1 is 1.21 bits per heavy atom. The van der Waals surface area contributed by atoms with Crippen LogP contribution >= 0.6 is 0 Å². The van der Waals surface area contributed by atoms with E-state index in [1.54, 1.807) is 6.92 Å². The molecule has 4 rings (SSSR count). The molecule has 9 heteroatoms. The Bertz CT molecular complexity index is 1190. The molecule has 38 heavy (non-hydrogen) atoms. The molecule has 0 bridgehead atoms. The second kappa shape index (κ2) is 11.9. The van der Waals surface area contributed by atoms with Crippen molar-refractivity contribution in [2.45, 2.75) is 97.3 Å². The maximum Gasteiger partial charge on any atom is 0.250 e. The topological polar surface area (TPSA) is 83.6 Å². The molecule has 1 saturated heterocycles. The van der Waals surface area contributed by atoms with Crippen molar-refractivity contribution in [3.63, 3.8) is 0 Å². The summed E-state index contributed by atoms with van der Waals surface area (Å²) in [5.41, 5.74) is 2.94. The average molecular weight is 543 g/mol. The Kier molecular flexibility index (Phi) is 9.02. The number of benzene rings is 1. The lowest BCUT2D eigenvalue weighted by atomic mass is 10.1. The maximum atomic E-state index is 9.42. The summed E-state index contributed by atoms with van der Waals surface area (Å²) in [6.45, 7) is 18.0. The molecule has 3 heterocycles. The van der Waals surface area contributed by atoms with Crippen LogP contribution in [0.3, 0.4) is 0 Å². The first-order chi connectivity index (χ1) is 17.9. The number of hydrogen-bond donors (Lipinski definition) is 1. The summed E-state index contributed by atoms with van der Waals surface area (Å²) in [6, 6.07) is 6.35. The van der Waals surface area contributed by atoms with Crippen LogP contribution in [0.2, 0.25) is 18.1 Å². The largest absolute Gasteiger partial charge is 0.543 e. The lowest BCUT2D eigenvalue weighted by molar-refractivity contribution is -0.0365. The number of rotatable bonds is 11. The van der Waals surface area contributed by atoms with E-state index in [1.165, 1.54) is 0 Å². The molecule has 0 amide bonds. The molecule has 0 aliphatic carbocycles. The zero-order chi connectivity index (χ0) is 27.5. The van der Waals surface area contributed by atoms with Gasteiger partial charge in [0.25, 0.3) is 0 Å². The van der Waals surface area contributed by atoms with E-state index < -0.39 is 8.32 Å². The van der Waals surface area contributed by atoms with Crippen molar-refractivity contribution < 1.29 is 19.0 Å². The van der Waals surface area contributed by atoms with Gasteiger partial charge in [-0.3, -0.25) is 4.68 Å². The fourth-order valence-corrected chi connectivity index (χ4v) is 5.50. The van der Waals surface area contributed by atoms with Gasteiger partial charge in [0.15, 0.2) is 6.23 Å². The fourth-order valence-electron chi connectivity index (χ4n) is 4.48. The molecule has 3 unspecified atom stereocenters. The van der Waals surface area contributed by atoms with Crippen LogP contribution in [-0.2, 0) is 16.0 Å². The number of aromatic nitrogens is 4. The van der Waals surface area contributed by atoms with E-state index in [0.29, 0.717) is 25.6 Å². The third-order valence-electron chi connectivity index (χ3n) is 7.77. The van der Waals surface area contributed by atoms with Crippen LogP contribution in [0.1, 0.15) is 66.5 Å². The molecule has 3 aromatic rings. The van der Waals surface area contributed by atoms with Gasteiger partial charge in [0, 0.05) is 36.9 Å². The van der Waals surface area contributed by atoms with Crippen LogP contribution in [-0.4, -0.2) is 58.9 Å². The standard InChI is InChI=1S/C29H46N4O4Si/c1-21(20-35-15-13-22(2)34)18-32-19-23(17-30-32)28-25-16-24(37-38(6,7)29(3,4)5)11-12-26(25)33(31-28)27-10-8-9-14-36-27/h11-12,16-17,19,21-22,27,34H,8-10,13-15,18,20H2,1-7H3. The minimum atomic E-state index is -1.98. The second-order valence-electron chi connectivity index (χ2n) is 12.4. The summed E-state index contributed by atoms with van der Waals surface area (Å²) in [4.78, 5) is 0. The minimum Gasteiger partial charge on any atom is -0.543 e. The van der Waals surface area contributed by atoms with Crippen LogP contribution in [0.4, 0.5) is 0 Å². The van der Waals surface area contributed by atoms with Gasteiger partial charge in [0.1, 0.15) is 11.4 Å². The molecular weight excluding hydrogens is 496 g/mol. The SMILES string of the molecule is CC(O)CCOCC(C)Cn1cc(-c2nn(C3CCCCO3)c3ccc(O[Si](C)(C)C(C)(C)C)cc23)cn1. The van der Waals surface area contributed by atoms with Crippen molar-refractivity contribution in [2.75, 3.05) is 19.8 Å². The molecule has 1 aliphatic rings. The monoisotopic (exact) mass is 542 g/mol.